The molecule has 0 saturated heterocycles. The van der Waals surface area contributed by atoms with Crippen molar-refractivity contribution in [2.45, 2.75) is 5.88 Å². The number of hydrogen-bond donors (Lipinski definition) is 0. The number of alkyl halides is 1. The molecule has 2 aromatic rings. The average Bonchev–Trinajstić information content (AvgIpc) is 2.72. The van der Waals surface area contributed by atoms with Gasteiger partial charge in [-0.15, -0.1) is 11.6 Å². The zero-order chi connectivity index (χ0) is 13.4. The van der Waals surface area contributed by atoms with Crippen LogP contribution in [0.15, 0.2) is 42.6 Å². The number of amides is 2. The summed E-state index contributed by atoms with van der Waals surface area (Å²) in [6.45, 7) is 0. The highest BCUT2D eigenvalue weighted by Crippen LogP contribution is 2.27. The van der Waals surface area contributed by atoms with Crippen molar-refractivity contribution in [2.75, 3.05) is 4.90 Å². The van der Waals surface area contributed by atoms with Crippen LogP contribution < -0.4 is 4.90 Å². The Bertz CT molecular complexity index is 650. The van der Waals surface area contributed by atoms with Crippen LogP contribution in [0, 0.1) is 0 Å². The highest BCUT2D eigenvalue weighted by atomic mass is 35.5. The van der Waals surface area contributed by atoms with Gasteiger partial charge in [0.25, 0.3) is 11.8 Å². The summed E-state index contributed by atoms with van der Waals surface area (Å²) in [7, 11) is 0. The van der Waals surface area contributed by atoms with Crippen LogP contribution in [0.1, 0.15) is 26.3 Å². The maximum absolute atomic E-state index is 12.2. The highest BCUT2D eigenvalue weighted by Gasteiger charge is 2.36. The normalized spacial score (nSPS) is 13.8. The first-order valence-corrected chi connectivity index (χ1v) is 6.24. The number of pyridine rings is 1. The molecular weight excluding hydrogens is 264 g/mol. The van der Waals surface area contributed by atoms with Crippen molar-refractivity contribution in [3.05, 3.63) is 59.3 Å². The number of carbonyl (C=O) groups is 2. The van der Waals surface area contributed by atoms with Crippen LogP contribution in [0.5, 0.6) is 0 Å². The van der Waals surface area contributed by atoms with Gasteiger partial charge < -0.3 is 0 Å². The molecule has 0 N–H and O–H groups in total. The standard InChI is InChI=1S/C14H9ClN2O2/c15-8-9-5-6-16-12(7-9)17-13(18)10-3-1-2-4-11(10)14(17)19/h1-7H,8H2. The minimum Gasteiger partial charge on any atom is -0.268 e. The summed E-state index contributed by atoms with van der Waals surface area (Å²) in [5, 5.41) is 0. The van der Waals surface area contributed by atoms with Crippen LogP contribution in [0.2, 0.25) is 0 Å². The van der Waals surface area contributed by atoms with Crippen molar-refractivity contribution in [1.82, 2.24) is 4.98 Å². The van der Waals surface area contributed by atoms with E-state index in [1.165, 1.54) is 6.20 Å². The van der Waals surface area contributed by atoms with Crippen LogP contribution in [0.3, 0.4) is 0 Å². The van der Waals surface area contributed by atoms with Gasteiger partial charge in [-0.25, -0.2) is 9.88 Å². The van der Waals surface area contributed by atoms with E-state index in [9.17, 15) is 9.59 Å². The van der Waals surface area contributed by atoms with E-state index in [0.717, 1.165) is 10.5 Å². The summed E-state index contributed by atoms with van der Waals surface area (Å²) in [6, 6.07) is 10.1. The van der Waals surface area contributed by atoms with Crippen LogP contribution in [-0.4, -0.2) is 16.8 Å². The fourth-order valence-corrected chi connectivity index (χ4v) is 2.23. The van der Waals surface area contributed by atoms with Gasteiger partial charge in [0.2, 0.25) is 0 Å². The summed E-state index contributed by atoms with van der Waals surface area (Å²) in [6.07, 6.45) is 1.54. The Kier molecular flexibility index (Phi) is 2.80. The average molecular weight is 273 g/mol. The Balaban J connectivity index is 2.08. The van der Waals surface area contributed by atoms with Crippen molar-refractivity contribution >= 4 is 29.2 Å². The monoisotopic (exact) mass is 272 g/mol. The summed E-state index contributed by atoms with van der Waals surface area (Å²) in [5.74, 6) is -0.0809. The van der Waals surface area contributed by atoms with Crippen LogP contribution in [-0.2, 0) is 5.88 Å². The summed E-state index contributed by atoms with van der Waals surface area (Å²) in [5.41, 5.74) is 1.62. The van der Waals surface area contributed by atoms with Crippen molar-refractivity contribution in [3.8, 4) is 0 Å². The smallest absolute Gasteiger partial charge is 0.267 e. The molecular formula is C14H9ClN2O2. The Labute approximate surface area is 114 Å². The van der Waals surface area contributed by atoms with Gasteiger partial charge in [0.15, 0.2) is 0 Å². The number of imide groups is 1. The molecule has 3 rings (SSSR count). The molecule has 5 heteroatoms. The molecule has 2 heterocycles. The summed E-state index contributed by atoms with van der Waals surface area (Å²) >= 11 is 5.75. The third-order valence-corrected chi connectivity index (χ3v) is 3.30. The lowest BCUT2D eigenvalue weighted by atomic mass is 10.1. The van der Waals surface area contributed by atoms with E-state index < -0.39 is 0 Å². The minimum absolute atomic E-state index is 0.304. The predicted molar refractivity (Wildman–Crippen MR) is 71.4 cm³/mol. The lowest BCUT2D eigenvalue weighted by Crippen LogP contribution is -2.30. The van der Waals surface area contributed by atoms with E-state index in [1.807, 2.05) is 0 Å². The van der Waals surface area contributed by atoms with E-state index in [2.05, 4.69) is 4.98 Å². The Morgan fingerprint density at radius 2 is 1.68 bits per heavy atom. The molecule has 0 atom stereocenters. The van der Waals surface area contributed by atoms with E-state index >= 15 is 0 Å². The topological polar surface area (TPSA) is 50.3 Å². The lowest BCUT2D eigenvalue weighted by Gasteiger charge is -2.13. The molecule has 0 aliphatic carbocycles. The molecule has 1 aromatic heterocycles. The van der Waals surface area contributed by atoms with Gasteiger partial charge in [-0.1, -0.05) is 12.1 Å². The third kappa shape index (κ3) is 1.81. The predicted octanol–water partition coefficient (Wildman–Crippen LogP) is 2.62. The number of hydrogen-bond acceptors (Lipinski definition) is 3. The van der Waals surface area contributed by atoms with Crippen LogP contribution in [0.4, 0.5) is 5.82 Å². The Morgan fingerprint density at radius 1 is 1.05 bits per heavy atom. The van der Waals surface area contributed by atoms with Gasteiger partial charge in [0, 0.05) is 12.1 Å². The van der Waals surface area contributed by atoms with Crippen molar-refractivity contribution in [1.29, 1.82) is 0 Å². The second-order valence-electron chi connectivity index (χ2n) is 4.15. The molecule has 1 aliphatic heterocycles. The highest BCUT2D eigenvalue weighted by molar-refractivity contribution is 6.34. The third-order valence-electron chi connectivity index (χ3n) is 2.99. The van der Waals surface area contributed by atoms with Crippen molar-refractivity contribution in [3.63, 3.8) is 0 Å². The fraction of sp³-hybridized carbons (Fsp3) is 0.0714. The van der Waals surface area contributed by atoms with E-state index in [-0.39, 0.29) is 11.8 Å². The number of carbonyl (C=O) groups excluding carboxylic acids is 2. The van der Waals surface area contributed by atoms with Gasteiger partial charge in [0.1, 0.15) is 5.82 Å². The molecule has 1 aromatic carbocycles. The maximum Gasteiger partial charge on any atom is 0.267 e. The maximum atomic E-state index is 12.2. The number of halogens is 1. The number of benzene rings is 1. The first kappa shape index (κ1) is 11.9. The van der Waals surface area contributed by atoms with E-state index in [0.29, 0.717) is 22.8 Å². The number of aromatic nitrogens is 1. The van der Waals surface area contributed by atoms with Gasteiger partial charge >= 0.3 is 0 Å². The van der Waals surface area contributed by atoms with Crippen molar-refractivity contribution in [2.24, 2.45) is 0 Å². The molecule has 0 bridgehead atoms. The molecule has 2 amide bonds. The first-order valence-electron chi connectivity index (χ1n) is 5.71. The van der Waals surface area contributed by atoms with Crippen LogP contribution >= 0.6 is 11.6 Å². The summed E-state index contributed by atoms with van der Waals surface area (Å²) in [4.78, 5) is 29.6. The zero-order valence-electron chi connectivity index (χ0n) is 9.84. The Hall–Kier alpha value is -2.20. The number of rotatable bonds is 2. The van der Waals surface area contributed by atoms with Gasteiger partial charge in [0.05, 0.1) is 11.1 Å². The second kappa shape index (κ2) is 4.48. The molecule has 0 spiro atoms. The van der Waals surface area contributed by atoms with E-state index in [1.54, 1.807) is 36.4 Å². The van der Waals surface area contributed by atoms with E-state index in [4.69, 9.17) is 11.6 Å². The summed E-state index contributed by atoms with van der Waals surface area (Å²) < 4.78 is 0. The van der Waals surface area contributed by atoms with Crippen LogP contribution in [0.25, 0.3) is 0 Å². The molecule has 1 aliphatic rings. The fourth-order valence-electron chi connectivity index (χ4n) is 2.06. The molecule has 94 valence electrons. The first-order chi connectivity index (χ1) is 9.22. The lowest BCUT2D eigenvalue weighted by molar-refractivity contribution is 0.0925. The largest absolute Gasteiger partial charge is 0.268 e. The van der Waals surface area contributed by atoms with Gasteiger partial charge in [-0.05, 0) is 29.8 Å². The number of anilines is 1. The number of fused-ring (bicyclic) bond motifs is 1. The minimum atomic E-state index is -0.347. The SMILES string of the molecule is O=C1c2ccccc2C(=O)N1c1cc(CCl)ccn1. The molecule has 0 saturated carbocycles. The number of nitrogens with zero attached hydrogens (tertiary/aromatic N) is 2. The molecule has 4 nitrogen and oxygen atoms in total. The van der Waals surface area contributed by atoms with Gasteiger partial charge in [-0.3, -0.25) is 9.59 Å². The quantitative estimate of drug-likeness (QED) is 0.624. The zero-order valence-corrected chi connectivity index (χ0v) is 10.6. The second-order valence-corrected chi connectivity index (χ2v) is 4.41. The van der Waals surface area contributed by atoms with Crippen molar-refractivity contribution < 1.29 is 9.59 Å². The molecule has 0 unspecified atom stereocenters. The molecule has 0 fully saturated rings. The Morgan fingerprint density at radius 3 is 2.26 bits per heavy atom. The molecule has 0 radical (unpaired) electrons. The van der Waals surface area contributed by atoms with Gasteiger partial charge in [-0.2, -0.15) is 0 Å². The molecule has 19 heavy (non-hydrogen) atoms.